The number of nitrogens with two attached hydrogens (primary N) is 1. The van der Waals surface area contributed by atoms with Gasteiger partial charge in [-0.3, -0.25) is 10.1 Å². The Labute approximate surface area is 102 Å². The summed E-state index contributed by atoms with van der Waals surface area (Å²) in [6, 6.07) is 6.13. The zero-order valence-electron chi connectivity index (χ0n) is 9.39. The second kappa shape index (κ2) is 5.37. The fraction of sp³-hybridized carbons (Fsp3) is 0.182. The monoisotopic (exact) mass is 250 g/mol. The SMILES string of the molecule is NC(=O)CNCc1nc(-c2ccccc2F)no1. The van der Waals surface area contributed by atoms with Crippen LogP contribution in [0.5, 0.6) is 0 Å². The molecule has 0 saturated heterocycles. The number of nitrogens with one attached hydrogen (secondary N) is 1. The molecule has 3 N–H and O–H groups in total. The van der Waals surface area contributed by atoms with E-state index in [1.807, 2.05) is 0 Å². The molecule has 7 heteroatoms. The van der Waals surface area contributed by atoms with Crippen molar-refractivity contribution in [1.82, 2.24) is 15.5 Å². The van der Waals surface area contributed by atoms with Gasteiger partial charge in [0.25, 0.3) is 0 Å². The molecule has 1 aromatic heterocycles. The number of rotatable bonds is 5. The molecule has 0 fully saturated rings. The van der Waals surface area contributed by atoms with Crippen molar-refractivity contribution in [1.29, 1.82) is 0 Å². The molecule has 2 rings (SSSR count). The summed E-state index contributed by atoms with van der Waals surface area (Å²) in [5.74, 6) is -0.475. The first kappa shape index (κ1) is 12.2. The number of primary amides is 1. The third-order valence-corrected chi connectivity index (χ3v) is 2.16. The number of hydrogen-bond acceptors (Lipinski definition) is 5. The van der Waals surface area contributed by atoms with Crippen molar-refractivity contribution in [2.24, 2.45) is 5.73 Å². The van der Waals surface area contributed by atoms with Crippen LogP contribution in [0.25, 0.3) is 11.4 Å². The quantitative estimate of drug-likeness (QED) is 0.803. The van der Waals surface area contributed by atoms with Gasteiger partial charge in [-0.1, -0.05) is 17.3 Å². The molecule has 0 aliphatic rings. The Kier molecular flexibility index (Phi) is 3.63. The van der Waals surface area contributed by atoms with Crippen molar-refractivity contribution in [3.05, 3.63) is 36.0 Å². The van der Waals surface area contributed by atoms with Crippen LogP contribution >= 0.6 is 0 Å². The Bertz CT molecular complexity index is 555. The van der Waals surface area contributed by atoms with E-state index in [0.29, 0.717) is 0 Å². The normalized spacial score (nSPS) is 10.5. The molecular weight excluding hydrogens is 239 g/mol. The van der Waals surface area contributed by atoms with Crippen LogP contribution in [0.4, 0.5) is 4.39 Å². The number of hydrogen-bond donors (Lipinski definition) is 2. The van der Waals surface area contributed by atoms with Crippen LogP contribution in [0.2, 0.25) is 0 Å². The molecule has 0 radical (unpaired) electrons. The van der Waals surface area contributed by atoms with E-state index in [1.54, 1.807) is 18.2 Å². The Balaban J connectivity index is 2.06. The molecule has 0 aliphatic carbocycles. The number of benzene rings is 1. The highest BCUT2D eigenvalue weighted by Crippen LogP contribution is 2.18. The van der Waals surface area contributed by atoms with Crippen LogP contribution in [0.15, 0.2) is 28.8 Å². The summed E-state index contributed by atoms with van der Waals surface area (Å²) in [6.45, 7) is 0.210. The Morgan fingerprint density at radius 1 is 1.44 bits per heavy atom. The second-order valence-electron chi connectivity index (χ2n) is 3.56. The largest absolute Gasteiger partial charge is 0.369 e. The summed E-state index contributed by atoms with van der Waals surface area (Å²) in [7, 11) is 0. The van der Waals surface area contributed by atoms with E-state index >= 15 is 0 Å². The van der Waals surface area contributed by atoms with Gasteiger partial charge in [-0.25, -0.2) is 4.39 Å². The second-order valence-corrected chi connectivity index (χ2v) is 3.56. The molecule has 0 atom stereocenters. The van der Waals surface area contributed by atoms with Gasteiger partial charge in [0.1, 0.15) is 5.82 Å². The molecule has 1 heterocycles. The van der Waals surface area contributed by atoms with Gasteiger partial charge >= 0.3 is 0 Å². The van der Waals surface area contributed by atoms with Crippen molar-refractivity contribution < 1.29 is 13.7 Å². The zero-order chi connectivity index (χ0) is 13.0. The molecule has 0 unspecified atom stereocenters. The van der Waals surface area contributed by atoms with Crippen LogP contribution in [-0.4, -0.2) is 22.6 Å². The lowest BCUT2D eigenvalue weighted by atomic mass is 10.2. The molecular formula is C11H11FN4O2. The van der Waals surface area contributed by atoms with Gasteiger partial charge in [0.2, 0.25) is 17.6 Å². The van der Waals surface area contributed by atoms with E-state index in [-0.39, 0.29) is 30.4 Å². The number of amides is 1. The first-order valence-corrected chi connectivity index (χ1v) is 5.23. The molecule has 0 aliphatic heterocycles. The number of nitrogens with zero attached hydrogens (tertiary/aromatic N) is 2. The highest BCUT2D eigenvalue weighted by Gasteiger charge is 2.11. The Morgan fingerprint density at radius 3 is 2.94 bits per heavy atom. The van der Waals surface area contributed by atoms with Crippen molar-refractivity contribution in [2.75, 3.05) is 6.54 Å². The standard InChI is InChI=1S/C11H11FN4O2/c12-8-4-2-1-3-7(8)11-15-10(18-16-11)6-14-5-9(13)17/h1-4,14H,5-6H2,(H2,13,17). The van der Waals surface area contributed by atoms with Gasteiger partial charge in [-0.2, -0.15) is 4.98 Å². The van der Waals surface area contributed by atoms with Crippen LogP contribution < -0.4 is 11.1 Å². The minimum Gasteiger partial charge on any atom is -0.369 e. The lowest BCUT2D eigenvalue weighted by molar-refractivity contribution is -0.117. The van der Waals surface area contributed by atoms with Gasteiger partial charge in [-0.05, 0) is 12.1 Å². The van der Waals surface area contributed by atoms with E-state index in [4.69, 9.17) is 10.3 Å². The molecule has 94 valence electrons. The smallest absolute Gasteiger partial charge is 0.240 e. The first-order valence-electron chi connectivity index (χ1n) is 5.23. The lowest BCUT2D eigenvalue weighted by Crippen LogP contribution is -2.28. The number of halogens is 1. The third-order valence-electron chi connectivity index (χ3n) is 2.16. The fourth-order valence-corrected chi connectivity index (χ4v) is 1.37. The molecule has 1 aromatic carbocycles. The van der Waals surface area contributed by atoms with Crippen LogP contribution in [0.3, 0.4) is 0 Å². The highest BCUT2D eigenvalue weighted by atomic mass is 19.1. The molecule has 6 nitrogen and oxygen atoms in total. The van der Waals surface area contributed by atoms with Crippen molar-refractivity contribution in [3.8, 4) is 11.4 Å². The maximum Gasteiger partial charge on any atom is 0.240 e. The molecule has 0 bridgehead atoms. The minimum absolute atomic E-state index is 0.0113. The molecule has 0 saturated carbocycles. The van der Waals surface area contributed by atoms with Crippen LogP contribution in [0, 0.1) is 5.82 Å². The average Bonchev–Trinajstić information content (AvgIpc) is 2.78. The first-order chi connectivity index (χ1) is 8.66. The van der Waals surface area contributed by atoms with Crippen molar-refractivity contribution in [2.45, 2.75) is 6.54 Å². The zero-order valence-corrected chi connectivity index (χ0v) is 9.39. The van der Waals surface area contributed by atoms with Gasteiger partial charge < -0.3 is 10.3 Å². The summed E-state index contributed by atoms with van der Waals surface area (Å²) < 4.78 is 18.4. The average molecular weight is 250 g/mol. The van der Waals surface area contributed by atoms with E-state index in [2.05, 4.69) is 15.5 Å². The van der Waals surface area contributed by atoms with Gasteiger partial charge in [0.05, 0.1) is 18.7 Å². The summed E-state index contributed by atoms with van der Waals surface area (Å²) in [4.78, 5) is 14.5. The predicted octanol–water partition coefficient (Wildman–Crippen LogP) is 0.451. The maximum absolute atomic E-state index is 13.4. The predicted molar refractivity (Wildman–Crippen MR) is 60.6 cm³/mol. The summed E-state index contributed by atoms with van der Waals surface area (Å²) >= 11 is 0. The maximum atomic E-state index is 13.4. The summed E-state index contributed by atoms with van der Waals surface area (Å²) in [6.07, 6.45) is 0. The van der Waals surface area contributed by atoms with Crippen molar-refractivity contribution >= 4 is 5.91 Å². The number of carbonyl (C=O) groups excluding carboxylic acids is 1. The van der Waals surface area contributed by atoms with E-state index in [0.717, 1.165) is 0 Å². The number of aromatic nitrogens is 2. The molecule has 1 amide bonds. The van der Waals surface area contributed by atoms with E-state index in [1.165, 1.54) is 6.07 Å². The highest BCUT2D eigenvalue weighted by molar-refractivity contribution is 5.75. The van der Waals surface area contributed by atoms with Gasteiger partial charge in [0, 0.05) is 0 Å². The third kappa shape index (κ3) is 2.89. The summed E-state index contributed by atoms with van der Waals surface area (Å²) in [5, 5.41) is 6.38. The topological polar surface area (TPSA) is 94.0 Å². The van der Waals surface area contributed by atoms with Crippen LogP contribution in [-0.2, 0) is 11.3 Å². The number of carbonyl (C=O) groups is 1. The van der Waals surface area contributed by atoms with Gasteiger partial charge in [0.15, 0.2) is 0 Å². The van der Waals surface area contributed by atoms with E-state index in [9.17, 15) is 9.18 Å². The van der Waals surface area contributed by atoms with Gasteiger partial charge in [-0.15, -0.1) is 0 Å². The van der Waals surface area contributed by atoms with Crippen molar-refractivity contribution in [3.63, 3.8) is 0 Å². The lowest BCUT2D eigenvalue weighted by Gasteiger charge is -1.96. The Hall–Kier alpha value is -2.28. The van der Waals surface area contributed by atoms with Crippen LogP contribution in [0.1, 0.15) is 5.89 Å². The molecule has 0 spiro atoms. The fourth-order valence-electron chi connectivity index (χ4n) is 1.37. The minimum atomic E-state index is -0.483. The molecule has 2 aromatic rings. The molecule has 18 heavy (non-hydrogen) atoms. The summed E-state index contributed by atoms with van der Waals surface area (Å²) in [5.41, 5.74) is 5.22. The Morgan fingerprint density at radius 2 is 2.22 bits per heavy atom. The van der Waals surface area contributed by atoms with E-state index < -0.39 is 11.7 Å².